The molecule has 20 heavy (non-hydrogen) atoms. The van der Waals surface area contributed by atoms with Gasteiger partial charge in [0.1, 0.15) is 11.6 Å². The van der Waals surface area contributed by atoms with Crippen LogP contribution in [0.3, 0.4) is 0 Å². The van der Waals surface area contributed by atoms with E-state index in [1.54, 1.807) is 6.07 Å². The third-order valence-corrected chi connectivity index (χ3v) is 3.69. The van der Waals surface area contributed by atoms with Gasteiger partial charge in [-0.25, -0.2) is 4.39 Å². The number of nitrogens with two attached hydrogens (primary N) is 1. The monoisotopic (exact) mass is 336 g/mol. The predicted octanol–water partition coefficient (Wildman–Crippen LogP) is 3.72. The molecule has 1 aliphatic heterocycles. The van der Waals surface area contributed by atoms with Gasteiger partial charge in [0.2, 0.25) is 0 Å². The van der Waals surface area contributed by atoms with E-state index in [9.17, 15) is 4.39 Å². The fourth-order valence-corrected chi connectivity index (χ4v) is 2.94. The van der Waals surface area contributed by atoms with Gasteiger partial charge in [0.05, 0.1) is 6.61 Å². The molecule has 0 saturated carbocycles. The first kappa shape index (κ1) is 13.2. The molecule has 1 aliphatic rings. The second-order valence-corrected chi connectivity index (χ2v) is 5.69. The Kier molecular flexibility index (Phi) is 3.53. The molecule has 0 fully saturated rings. The van der Waals surface area contributed by atoms with Gasteiger partial charge in [0.25, 0.3) is 0 Å². The lowest BCUT2D eigenvalue weighted by Crippen LogP contribution is -2.02. The number of anilines is 2. The zero-order chi connectivity index (χ0) is 14.1. The Hall–Kier alpha value is -1.75. The van der Waals surface area contributed by atoms with Crippen LogP contribution in [0.2, 0.25) is 0 Å². The van der Waals surface area contributed by atoms with Crippen LogP contribution < -0.4 is 15.8 Å². The van der Waals surface area contributed by atoms with Crippen molar-refractivity contribution in [2.75, 3.05) is 17.7 Å². The van der Waals surface area contributed by atoms with Crippen LogP contribution >= 0.6 is 15.9 Å². The van der Waals surface area contributed by atoms with Gasteiger partial charge in [-0.05, 0) is 35.9 Å². The summed E-state index contributed by atoms with van der Waals surface area (Å²) < 4.78 is 20.0. The Bertz CT molecular complexity index is 640. The van der Waals surface area contributed by atoms with Crippen LogP contribution in [0.25, 0.3) is 0 Å². The number of hydrogen-bond acceptors (Lipinski definition) is 3. The second-order valence-electron chi connectivity index (χ2n) is 4.78. The van der Waals surface area contributed by atoms with Crippen molar-refractivity contribution in [3.05, 3.63) is 51.7 Å². The molecule has 3 N–H and O–H groups in total. The van der Waals surface area contributed by atoms with Gasteiger partial charge in [-0.3, -0.25) is 0 Å². The lowest BCUT2D eigenvalue weighted by molar-refractivity contribution is 0.354. The molecule has 0 unspecified atom stereocenters. The third kappa shape index (κ3) is 2.72. The van der Waals surface area contributed by atoms with E-state index in [1.165, 1.54) is 17.7 Å². The normalized spacial score (nSPS) is 12.9. The van der Waals surface area contributed by atoms with Gasteiger partial charge in [-0.2, -0.15) is 0 Å². The van der Waals surface area contributed by atoms with Gasteiger partial charge in [-0.1, -0.05) is 15.9 Å². The predicted molar refractivity (Wildman–Crippen MR) is 81.5 cm³/mol. The Morgan fingerprint density at radius 3 is 2.90 bits per heavy atom. The SMILES string of the molecule is Nc1cc(F)cc(NCc2cc(Br)cc3c2OCC3)c1. The van der Waals surface area contributed by atoms with Gasteiger partial charge < -0.3 is 15.8 Å². The van der Waals surface area contributed by atoms with Gasteiger partial charge in [-0.15, -0.1) is 0 Å². The first-order valence-electron chi connectivity index (χ1n) is 6.36. The summed E-state index contributed by atoms with van der Waals surface area (Å²) in [7, 11) is 0. The van der Waals surface area contributed by atoms with Gasteiger partial charge >= 0.3 is 0 Å². The Morgan fingerprint density at radius 1 is 1.25 bits per heavy atom. The highest BCUT2D eigenvalue weighted by Gasteiger charge is 2.17. The molecule has 0 saturated heterocycles. The largest absolute Gasteiger partial charge is 0.493 e. The Balaban J connectivity index is 1.82. The van der Waals surface area contributed by atoms with Gasteiger partial charge in [0, 0.05) is 34.4 Å². The standard InChI is InChI=1S/C15H14BrFN2O/c16-11-3-9-1-2-20-15(9)10(4-11)8-19-14-6-12(17)5-13(18)7-14/h3-7,19H,1-2,8,18H2. The summed E-state index contributed by atoms with van der Waals surface area (Å²) in [5, 5.41) is 3.18. The van der Waals surface area contributed by atoms with E-state index >= 15 is 0 Å². The number of fused-ring (bicyclic) bond motifs is 1. The molecule has 0 radical (unpaired) electrons. The van der Waals surface area contributed by atoms with Crippen LogP contribution in [0.1, 0.15) is 11.1 Å². The van der Waals surface area contributed by atoms with E-state index < -0.39 is 0 Å². The quantitative estimate of drug-likeness (QED) is 0.840. The molecule has 3 rings (SSSR count). The van der Waals surface area contributed by atoms with Crippen LogP contribution in [0.5, 0.6) is 5.75 Å². The average molecular weight is 337 g/mol. The first-order valence-corrected chi connectivity index (χ1v) is 7.15. The van der Waals surface area contributed by atoms with Crippen molar-refractivity contribution in [2.45, 2.75) is 13.0 Å². The van der Waals surface area contributed by atoms with Crippen molar-refractivity contribution in [2.24, 2.45) is 0 Å². The third-order valence-electron chi connectivity index (χ3n) is 3.23. The number of hydrogen-bond donors (Lipinski definition) is 2. The fraction of sp³-hybridized carbons (Fsp3) is 0.200. The lowest BCUT2D eigenvalue weighted by Gasteiger charge is -2.12. The summed E-state index contributed by atoms with van der Waals surface area (Å²) in [6.45, 7) is 1.27. The second kappa shape index (κ2) is 5.32. The zero-order valence-corrected chi connectivity index (χ0v) is 12.3. The average Bonchev–Trinajstić information content (AvgIpc) is 2.82. The number of rotatable bonds is 3. The van der Waals surface area contributed by atoms with Crippen molar-refractivity contribution in [3.63, 3.8) is 0 Å². The number of nitrogen functional groups attached to an aromatic ring is 1. The van der Waals surface area contributed by atoms with Crippen molar-refractivity contribution in [1.82, 2.24) is 0 Å². The van der Waals surface area contributed by atoms with Gasteiger partial charge in [0.15, 0.2) is 0 Å². The molecular weight excluding hydrogens is 323 g/mol. The molecule has 5 heteroatoms. The molecular formula is C15H14BrFN2O. The maximum absolute atomic E-state index is 13.3. The molecule has 2 aromatic rings. The molecule has 0 spiro atoms. The maximum Gasteiger partial charge on any atom is 0.127 e. The van der Waals surface area contributed by atoms with E-state index in [1.807, 2.05) is 6.07 Å². The molecule has 3 nitrogen and oxygen atoms in total. The Labute approximate surface area is 125 Å². The zero-order valence-electron chi connectivity index (χ0n) is 10.7. The highest BCUT2D eigenvalue weighted by atomic mass is 79.9. The molecule has 0 amide bonds. The molecule has 0 bridgehead atoms. The van der Waals surface area contributed by atoms with Crippen LogP contribution in [0.4, 0.5) is 15.8 Å². The fourth-order valence-electron chi connectivity index (χ4n) is 2.39. The van der Waals surface area contributed by atoms with E-state index in [0.29, 0.717) is 24.5 Å². The summed E-state index contributed by atoms with van der Waals surface area (Å²) in [5.74, 6) is 0.591. The van der Waals surface area contributed by atoms with Crippen LogP contribution in [-0.2, 0) is 13.0 Å². The van der Waals surface area contributed by atoms with Crippen molar-refractivity contribution in [3.8, 4) is 5.75 Å². The minimum atomic E-state index is -0.344. The topological polar surface area (TPSA) is 47.3 Å². The minimum Gasteiger partial charge on any atom is -0.493 e. The highest BCUT2D eigenvalue weighted by Crippen LogP contribution is 2.33. The highest BCUT2D eigenvalue weighted by molar-refractivity contribution is 9.10. The number of halogens is 2. The Morgan fingerprint density at radius 2 is 2.10 bits per heavy atom. The molecule has 0 atom stereocenters. The van der Waals surface area contributed by atoms with Crippen LogP contribution in [0.15, 0.2) is 34.8 Å². The summed E-state index contributed by atoms with van der Waals surface area (Å²) in [5.41, 5.74) is 8.95. The number of ether oxygens (including phenoxy) is 1. The summed E-state index contributed by atoms with van der Waals surface area (Å²) in [6.07, 6.45) is 0.925. The molecule has 2 aromatic carbocycles. The first-order chi connectivity index (χ1) is 9.61. The number of nitrogens with one attached hydrogen (secondary N) is 1. The molecule has 0 aliphatic carbocycles. The molecule has 104 valence electrons. The van der Waals surface area contributed by atoms with Crippen molar-refractivity contribution < 1.29 is 9.13 Å². The maximum atomic E-state index is 13.3. The van der Waals surface area contributed by atoms with E-state index in [2.05, 4.69) is 27.3 Å². The minimum absolute atomic E-state index is 0.344. The van der Waals surface area contributed by atoms with E-state index in [4.69, 9.17) is 10.5 Å². The summed E-state index contributed by atoms with van der Waals surface area (Å²) >= 11 is 3.50. The molecule has 1 heterocycles. The molecule has 0 aromatic heterocycles. The smallest absolute Gasteiger partial charge is 0.127 e. The van der Waals surface area contributed by atoms with E-state index in [-0.39, 0.29) is 5.82 Å². The van der Waals surface area contributed by atoms with Crippen molar-refractivity contribution >= 4 is 27.3 Å². The van der Waals surface area contributed by atoms with Crippen LogP contribution in [0, 0.1) is 5.82 Å². The van der Waals surface area contributed by atoms with Crippen molar-refractivity contribution in [1.29, 1.82) is 0 Å². The van der Waals surface area contributed by atoms with Crippen LogP contribution in [-0.4, -0.2) is 6.61 Å². The number of benzene rings is 2. The lowest BCUT2D eigenvalue weighted by atomic mass is 10.1. The van der Waals surface area contributed by atoms with E-state index in [0.717, 1.165) is 22.2 Å². The summed E-state index contributed by atoms with van der Waals surface area (Å²) in [6, 6.07) is 8.52. The summed E-state index contributed by atoms with van der Waals surface area (Å²) in [4.78, 5) is 0.